The van der Waals surface area contributed by atoms with Crippen molar-refractivity contribution in [2.75, 3.05) is 29.5 Å². The van der Waals surface area contributed by atoms with Gasteiger partial charge in [0.05, 0.1) is 11.2 Å². The second-order valence-electron chi connectivity index (χ2n) is 8.77. The monoisotopic (exact) mass is 496 g/mol. The molecule has 34 heavy (non-hydrogen) atoms. The molecule has 9 nitrogen and oxygen atoms in total. The summed E-state index contributed by atoms with van der Waals surface area (Å²) >= 11 is 7.54. The fourth-order valence-electron chi connectivity index (χ4n) is 5.02. The lowest BCUT2D eigenvalue weighted by atomic mass is 9.73. The van der Waals surface area contributed by atoms with Crippen LogP contribution in [0.4, 0.5) is 17.5 Å². The predicted octanol–water partition coefficient (Wildman–Crippen LogP) is 2.78. The van der Waals surface area contributed by atoms with Gasteiger partial charge in [-0.1, -0.05) is 35.5 Å². The van der Waals surface area contributed by atoms with E-state index in [4.69, 9.17) is 34.5 Å². The highest BCUT2D eigenvalue weighted by Crippen LogP contribution is 2.51. The Hall–Kier alpha value is -3.08. The average Bonchev–Trinajstić information content (AvgIpc) is 3.09. The van der Waals surface area contributed by atoms with Gasteiger partial charge >= 0.3 is 0 Å². The second kappa shape index (κ2) is 8.61. The number of amides is 1. The van der Waals surface area contributed by atoms with Gasteiger partial charge in [-0.15, -0.1) is 0 Å². The number of rotatable bonds is 4. The van der Waals surface area contributed by atoms with Crippen LogP contribution in [0.15, 0.2) is 46.6 Å². The SMILES string of the molecule is NC(=O)c1cccc2c1CC1(CCN(c3cnc(Sc4ccnc(N)c4Cl)c(N)n3)CC1)[C@@H]2N. The van der Waals surface area contributed by atoms with Crippen molar-refractivity contribution in [1.29, 1.82) is 0 Å². The van der Waals surface area contributed by atoms with Crippen LogP contribution in [0.1, 0.15) is 40.4 Å². The van der Waals surface area contributed by atoms with Crippen molar-refractivity contribution in [3.05, 3.63) is 58.4 Å². The van der Waals surface area contributed by atoms with Crippen LogP contribution in [0.3, 0.4) is 0 Å². The largest absolute Gasteiger partial charge is 0.382 e. The number of carbonyl (C=O) groups excluding carboxylic acids is 1. The zero-order valence-corrected chi connectivity index (χ0v) is 19.9. The molecule has 8 N–H and O–H groups in total. The second-order valence-corrected chi connectivity index (χ2v) is 10.2. The standard InChI is InChI=1S/C23H25ClN8OS/c24-17-15(4-7-29-19(17)26)34-22-20(27)31-16(11-30-22)32-8-5-23(6-9-32)10-14-12(18(23)25)2-1-3-13(14)21(28)33/h1-4,7,11,18H,5-6,8-10,25H2,(H2,26,29)(H2,27,31)(H2,28,33)/t18-/m1/s1. The summed E-state index contributed by atoms with van der Waals surface area (Å²) in [6.45, 7) is 1.53. The third kappa shape index (κ3) is 3.81. The molecule has 1 fully saturated rings. The number of nitrogens with two attached hydrogens (primary N) is 4. The fraction of sp³-hybridized carbons (Fsp3) is 0.304. The van der Waals surface area contributed by atoms with Crippen LogP contribution >= 0.6 is 23.4 Å². The number of benzene rings is 1. The normalized spacial score (nSPS) is 18.8. The van der Waals surface area contributed by atoms with E-state index in [-0.39, 0.29) is 17.3 Å². The first-order valence-corrected chi connectivity index (χ1v) is 12.1. The Balaban J connectivity index is 1.31. The molecule has 1 saturated heterocycles. The number of aromatic nitrogens is 3. The zero-order chi connectivity index (χ0) is 24.0. The van der Waals surface area contributed by atoms with Gasteiger partial charge in [-0.3, -0.25) is 4.79 Å². The van der Waals surface area contributed by atoms with Gasteiger partial charge in [0.2, 0.25) is 5.91 Å². The van der Waals surface area contributed by atoms with Crippen LogP contribution in [0, 0.1) is 5.41 Å². The molecule has 0 bridgehead atoms. The van der Waals surface area contributed by atoms with Crippen molar-refractivity contribution < 1.29 is 4.79 Å². The van der Waals surface area contributed by atoms with Crippen molar-refractivity contribution >= 4 is 46.7 Å². The Morgan fingerprint density at radius 3 is 2.62 bits per heavy atom. The molecule has 11 heteroatoms. The molecule has 1 aliphatic heterocycles. The van der Waals surface area contributed by atoms with E-state index in [1.165, 1.54) is 11.8 Å². The van der Waals surface area contributed by atoms with Gasteiger partial charge in [0.15, 0.2) is 5.82 Å². The van der Waals surface area contributed by atoms with E-state index in [1.807, 2.05) is 12.1 Å². The summed E-state index contributed by atoms with van der Waals surface area (Å²) in [5.41, 5.74) is 26.8. The topological polar surface area (TPSA) is 163 Å². The molecule has 2 aliphatic rings. The van der Waals surface area contributed by atoms with Gasteiger partial charge in [-0.2, -0.15) is 0 Å². The minimum absolute atomic E-state index is 0.100. The number of hydrogen-bond donors (Lipinski definition) is 4. The van der Waals surface area contributed by atoms with E-state index in [9.17, 15) is 4.79 Å². The zero-order valence-electron chi connectivity index (χ0n) is 18.4. The summed E-state index contributed by atoms with van der Waals surface area (Å²) < 4.78 is 0. The molecule has 1 spiro atoms. The van der Waals surface area contributed by atoms with Crippen LogP contribution in [0.5, 0.6) is 0 Å². The highest BCUT2D eigenvalue weighted by Gasteiger charge is 2.47. The molecule has 0 saturated carbocycles. The number of halogens is 1. The minimum Gasteiger partial charge on any atom is -0.382 e. The molecule has 1 aliphatic carbocycles. The van der Waals surface area contributed by atoms with E-state index < -0.39 is 5.91 Å². The van der Waals surface area contributed by atoms with Gasteiger partial charge in [-0.05, 0) is 47.9 Å². The molecule has 2 aromatic heterocycles. The molecule has 1 amide bonds. The Morgan fingerprint density at radius 1 is 1.15 bits per heavy atom. The first-order chi connectivity index (χ1) is 16.3. The maximum absolute atomic E-state index is 11.9. The molecular weight excluding hydrogens is 472 g/mol. The Bertz CT molecular complexity index is 1280. The summed E-state index contributed by atoms with van der Waals surface area (Å²) in [6.07, 6.45) is 5.80. The lowest BCUT2D eigenvalue weighted by molar-refractivity contribution is 0.0999. The molecule has 5 rings (SSSR count). The van der Waals surface area contributed by atoms with Crippen molar-refractivity contribution in [1.82, 2.24) is 15.0 Å². The lowest BCUT2D eigenvalue weighted by Crippen LogP contribution is -2.44. The van der Waals surface area contributed by atoms with E-state index in [0.717, 1.165) is 49.3 Å². The number of anilines is 3. The summed E-state index contributed by atoms with van der Waals surface area (Å²) in [6, 6.07) is 7.29. The number of nitrogen functional groups attached to an aromatic ring is 2. The fourth-order valence-corrected chi connectivity index (χ4v) is 6.04. The van der Waals surface area contributed by atoms with Crippen LogP contribution in [-0.2, 0) is 6.42 Å². The summed E-state index contributed by atoms with van der Waals surface area (Å²) in [5, 5.41) is 0.921. The van der Waals surface area contributed by atoms with Gasteiger partial charge in [0, 0.05) is 35.8 Å². The highest BCUT2D eigenvalue weighted by atomic mass is 35.5. The molecule has 176 valence electrons. The molecule has 0 unspecified atom stereocenters. The number of carbonyl (C=O) groups is 1. The van der Waals surface area contributed by atoms with Crippen molar-refractivity contribution in [2.45, 2.75) is 35.2 Å². The van der Waals surface area contributed by atoms with E-state index >= 15 is 0 Å². The number of hydrogen-bond acceptors (Lipinski definition) is 9. The van der Waals surface area contributed by atoms with Gasteiger partial charge in [-0.25, -0.2) is 15.0 Å². The third-order valence-corrected chi connectivity index (χ3v) is 8.50. The van der Waals surface area contributed by atoms with Gasteiger partial charge in [0.1, 0.15) is 16.7 Å². The Kier molecular flexibility index (Phi) is 5.75. The van der Waals surface area contributed by atoms with Crippen LogP contribution in [0.2, 0.25) is 5.02 Å². The van der Waals surface area contributed by atoms with Crippen LogP contribution in [0.25, 0.3) is 0 Å². The van der Waals surface area contributed by atoms with Crippen LogP contribution < -0.4 is 27.8 Å². The molecule has 0 radical (unpaired) electrons. The smallest absolute Gasteiger partial charge is 0.248 e. The Morgan fingerprint density at radius 2 is 1.91 bits per heavy atom. The van der Waals surface area contributed by atoms with Gasteiger partial charge < -0.3 is 27.8 Å². The van der Waals surface area contributed by atoms with E-state index in [1.54, 1.807) is 24.5 Å². The number of primary amides is 1. The van der Waals surface area contributed by atoms with Crippen molar-refractivity contribution in [2.24, 2.45) is 16.9 Å². The maximum atomic E-state index is 11.9. The highest BCUT2D eigenvalue weighted by molar-refractivity contribution is 7.99. The number of pyridine rings is 1. The van der Waals surface area contributed by atoms with E-state index in [0.29, 0.717) is 26.3 Å². The number of nitrogens with zero attached hydrogens (tertiary/aromatic N) is 4. The van der Waals surface area contributed by atoms with E-state index in [2.05, 4.69) is 19.9 Å². The molecule has 1 aromatic carbocycles. The number of fused-ring (bicyclic) bond motifs is 1. The quantitative estimate of drug-likeness (QED) is 0.425. The number of piperidine rings is 1. The summed E-state index contributed by atoms with van der Waals surface area (Å²) in [4.78, 5) is 27.9. The van der Waals surface area contributed by atoms with Crippen LogP contribution in [-0.4, -0.2) is 33.9 Å². The lowest BCUT2D eigenvalue weighted by Gasteiger charge is -2.42. The molecule has 3 aromatic rings. The maximum Gasteiger partial charge on any atom is 0.248 e. The first-order valence-electron chi connectivity index (χ1n) is 10.9. The molecular formula is C23H25ClN8OS. The first kappa shape index (κ1) is 22.7. The van der Waals surface area contributed by atoms with Gasteiger partial charge in [0.25, 0.3) is 0 Å². The summed E-state index contributed by atoms with van der Waals surface area (Å²) in [7, 11) is 0. The summed E-state index contributed by atoms with van der Waals surface area (Å²) in [5.74, 6) is 0.898. The third-order valence-electron chi connectivity index (χ3n) is 6.92. The minimum atomic E-state index is -0.405. The van der Waals surface area contributed by atoms with Crippen molar-refractivity contribution in [3.63, 3.8) is 0 Å². The molecule has 1 atom stereocenters. The predicted molar refractivity (Wildman–Crippen MR) is 134 cm³/mol. The Labute approximate surface area is 206 Å². The van der Waals surface area contributed by atoms with Crippen molar-refractivity contribution in [3.8, 4) is 0 Å². The average molecular weight is 497 g/mol. The molecule has 3 heterocycles.